The summed E-state index contributed by atoms with van der Waals surface area (Å²) in [5.41, 5.74) is 6.52. The molecule has 1 unspecified atom stereocenters. The molecule has 2 rings (SSSR count). The van der Waals surface area contributed by atoms with E-state index in [9.17, 15) is 0 Å². The molecule has 0 spiro atoms. The topological polar surface area (TPSA) is 55.9 Å². The van der Waals surface area contributed by atoms with Gasteiger partial charge in [0.25, 0.3) is 0 Å². The number of nitrogens with zero attached hydrogens (tertiary/aromatic N) is 2. The van der Waals surface area contributed by atoms with E-state index in [1.807, 2.05) is 11.7 Å². The van der Waals surface area contributed by atoms with Gasteiger partial charge in [-0.05, 0) is 35.2 Å². The van der Waals surface area contributed by atoms with Crippen molar-refractivity contribution in [2.75, 3.05) is 0 Å². The Bertz CT molecular complexity index is 461. The molecule has 2 heterocycles. The van der Waals surface area contributed by atoms with Crippen LogP contribution in [-0.2, 0) is 19.9 Å². The molecule has 2 aromatic heterocycles. The van der Waals surface area contributed by atoms with Crippen molar-refractivity contribution in [3.63, 3.8) is 0 Å². The normalized spacial score (nSPS) is 12.9. The van der Waals surface area contributed by atoms with Crippen LogP contribution in [0.4, 0.5) is 0 Å². The molecule has 2 aromatic rings. The highest BCUT2D eigenvalue weighted by Gasteiger charge is 2.17. The molecular weight excluding hydrogens is 232 g/mol. The second-order valence-corrected chi connectivity index (χ2v) is 4.89. The second-order valence-electron chi connectivity index (χ2n) is 4.11. The molecule has 0 bridgehead atoms. The minimum atomic E-state index is 0.133. The van der Waals surface area contributed by atoms with E-state index in [1.54, 1.807) is 11.3 Å². The summed E-state index contributed by atoms with van der Waals surface area (Å²) in [4.78, 5) is 0. The summed E-state index contributed by atoms with van der Waals surface area (Å²) in [5.74, 6) is 5.67. The van der Waals surface area contributed by atoms with E-state index in [0.29, 0.717) is 0 Å². The Balaban J connectivity index is 2.22. The minimum absolute atomic E-state index is 0.133. The van der Waals surface area contributed by atoms with Gasteiger partial charge in [-0.2, -0.15) is 16.4 Å². The SMILES string of the molecule is CCc1nn(C)cc1C(Cc1ccsc1)NN. The summed E-state index contributed by atoms with van der Waals surface area (Å²) >= 11 is 1.71. The maximum absolute atomic E-state index is 5.67. The van der Waals surface area contributed by atoms with Gasteiger partial charge in [-0.3, -0.25) is 16.0 Å². The molecule has 3 N–H and O–H groups in total. The molecule has 17 heavy (non-hydrogen) atoms. The lowest BCUT2D eigenvalue weighted by Crippen LogP contribution is -2.29. The number of hydrazine groups is 1. The van der Waals surface area contributed by atoms with Gasteiger partial charge in [0.1, 0.15) is 0 Å². The molecule has 1 atom stereocenters. The summed E-state index contributed by atoms with van der Waals surface area (Å²) in [7, 11) is 1.95. The monoisotopic (exact) mass is 250 g/mol. The van der Waals surface area contributed by atoms with Crippen LogP contribution in [0.3, 0.4) is 0 Å². The van der Waals surface area contributed by atoms with Gasteiger partial charge in [0, 0.05) is 18.8 Å². The molecule has 0 fully saturated rings. The van der Waals surface area contributed by atoms with Crippen LogP contribution in [0.15, 0.2) is 23.0 Å². The highest BCUT2D eigenvalue weighted by molar-refractivity contribution is 7.07. The molecule has 0 saturated carbocycles. The van der Waals surface area contributed by atoms with Crippen molar-refractivity contribution in [2.24, 2.45) is 12.9 Å². The lowest BCUT2D eigenvalue weighted by Gasteiger charge is -2.14. The smallest absolute Gasteiger partial charge is 0.0670 e. The fourth-order valence-electron chi connectivity index (χ4n) is 2.02. The van der Waals surface area contributed by atoms with Crippen molar-refractivity contribution in [3.05, 3.63) is 39.8 Å². The van der Waals surface area contributed by atoms with Crippen molar-refractivity contribution in [1.29, 1.82) is 0 Å². The van der Waals surface area contributed by atoms with Crippen LogP contribution in [0.25, 0.3) is 0 Å². The maximum Gasteiger partial charge on any atom is 0.0670 e. The quantitative estimate of drug-likeness (QED) is 0.628. The summed E-state index contributed by atoms with van der Waals surface area (Å²) in [6, 6.07) is 2.27. The summed E-state index contributed by atoms with van der Waals surface area (Å²) in [6.45, 7) is 2.12. The molecule has 92 valence electrons. The highest BCUT2D eigenvalue weighted by atomic mass is 32.1. The zero-order valence-corrected chi connectivity index (χ0v) is 11.0. The standard InChI is InChI=1S/C12H18N4S/c1-3-11-10(7-16(2)15-11)12(14-13)6-9-4-5-17-8-9/h4-5,7-8,12,14H,3,6,13H2,1-2H3. The molecule has 0 aliphatic rings. The highest BCUT2D eigenvalue weighted by Crippen LogP contribution is 2.22. The van der Waals surface area contributed by atoms with Crippen LogP contribution in [0.5, 0.6) is 0 Å². The lowest BCUT2D eigenvalue weighted by atomic mass is 10.0. The molecule has 4 nitrogen and oxygen atoms in total. The third-order valence-corrected chi connectivity index (χ3v) is 3.60. The predicted molar refractivity (Wildman–Crippen MR) is 70.7 cm³/mol. The number of hydrogen-bond acceptors (Lipinski definition) is 4. The number of hydrogen-bond donors (Lipinski definition) is 2. The largest absolute Gasteiger partial charge is 0.275 e. The molecular formula is C12H18N4S. The van der Waals surface area contributed by atoms with Gasteiger partial charge in [-0.15, -0.1) is 0 Å². The zero-order valence-electron chi connectivity index (χ0n) is 10.2. The Morgan fingerprint density at radius 1 is 1.59 bits per heavy atom. The van der Waals surface area contributed by atoms with E-state index in [0.717, 1.165) is 18.5 Å². The lowest BCUT2D eigenvalue weighted by molar-refractivity contribution is 0.548. The van der Waals surface area contributed by atoms with Gasteiger partial charge in [-0.25, -0.2) is 0 Å². The van der Waals surface area contributed by atoms with Crippen LogP contribution in [0, 0.1) is 0 Å². The number of thiophene rings is 1. The van der Waals surface area contributed by atoms with Crippen molar-refractivity contribution in [1.82, 2.24) is 15.2 Å². The summed E-state index contributed by atoms with van der Waals surface area (Å²) < 4.78 is 1.85. The summed E-state index contributed by atoms with van der Waals surface area (Å²) in [5, 5.41) is 8.70. The van der Waals surface area contributed by atoms with Gasteiger partial charge in [0.05, 0.1) is 11.7 Å². The van der Waals surface area contributed by atoms with E-state index >= 15 is 0 Å². The number of aryl methyl sites for hydroxylation is 2. The van der Waals surface area contributed by atoms with Crippen LogP contribution >= 0.6 is 11.3 Å². The van der Waals surface area contributed by atoms with E-state index < -0.39 is 0 Å². The Morgan fingerprint density at radius 2 is 2.41 bits per heavy atom. The Labute approximate surface area is 105 Å². The summed E-state index contributed by atoms with van der Waals surface area (Å²) in [6.07, 6.45) is 3.88. The predicted octanol–water partition coefficient (Wildman–Crippen LogP) is 1.79. The molecule has 0 amide bonds. The first-order valence-corrected chi connectivity index (χ1v) is 6.68. The van der Waals surface area contributed by atoms with Gasteiger partial charge in [-0.1, -0.05) is 6.92 Å². The Hall–Kier alpha value is -1.17. The molecule has 0 radical (unpaired) electrons. The average Bonchev–Trinajstić information content (AvgIpc) is 2.94. The van der Waals surface area contributed by atoms with Crippen molar-refractivity contribution in [2.45, 2.75) is 25.8 Å². The van der Waals surface area contributed by atoms with Gasteiger partial charge in [0.2, 0.25) is 0 Å². The first-order chi connectivity index (χ1) is 8.24. The fourth-order valence-corrected chi connectivity index (χ4v) is 2.70. The van der Waals surface area contributed by atoms with Crippen LogP contribution in [-0.4, -0.2) is 9.78 Å². The van der Waals surface area contributed by atoms with Crippen molar-refractivity contribution >= 4 is 11.3 Å². The third-order valence-electron chi connectivity index (χ3n) is 2.87. The van der Waals surface area contributed by atoms with Crippen LogP contribution in [0.1, 0.15) is 29.8 Å². The van der Waals surface area contributed by atoms with E-state index in [1.165, 1.54) is 11.1 Å². The minimum Gasteiger partial charge on any atom is -0.275 e. The van der Waals surface area contributed by atoms with E-state index in [2.05, 4.69) is 40.5 Å². The van der Waals surface area contributed by atoms with Crippen molar-refractivity contribution < 1.29 is 0 Å². The molecule has 0 saturated heterocycles. The number of nitrogens with two attached hydrogens (primary N) is 1. The number of nitrogens with one attached hydrogen (secondary N) is 1. The molecule has 5 heteroatoms. The molecule has 0 aliphatic carbocycles. The van der Waals surface area contributed by atoms with Crippen LogP contribution < -0.4 is 11.3 Å². The number of rotatable bonds is 5. The van der Waals surface area contributed by atoms with Gasteiger partial charge in [0.15, 0.2) is 0 Å². The van der Waals surface area contributed by atoms with Gasteiger partial charge >= 0.3 is 0 Å². The molecule has 0 aliphatic heterocycles. The fraction of sp³-hybridized carbons (Fsp3) is 0.417. The van der Waals surface area contributed by atoms with E-state index in [4.69, 9.17) is 5.84 Å². The van der Waals surface area contributed by atoms with E-state index in [-0.39, 0.29) is 6.04 Å². The number of aromatic nitrogens is 2. The second kappa shape index (κ2) is 5.44. The Kier molecular flexibility index (Phi) is 3.93. The third kappa shape index (κ3) is 2.74. The van der Waals surface area contributed by atoms with Crippen molar-refractivity contribution in [3.8, 4) is 0 Å². The maximum atomic E-state index is 5.67. The zero-order chi connectivity index (χ0) is 12.3. The first-order valence-electron chi connectivity index (χ1n) is 5.74. The van der Waals surface area contributed by atoms with Gasteiger partial charge < -0.3 is 0 Å². The first kappa shape index (κ1) is 12.3. The molecule has 0 aromatic carbocycles. The average molecular weight is 250 g/mol. The van der Waals surface area contributed by atoms with Crippen LogP contribution in [0.2, 0.25) is 0 Å². The Morgan fingerprint density at radius 3 is 3.00 bits per heavy atom.